The number of allylic oxidation sites excluding steroid dienone is 2. The van der Waals surface area contributed by atoms with Gasteiger partial charge in [-0.05, 0) is 54.0 Å². The van der Waals surface area contributed by atoms with Crippen molar-refractivity contribution in [3.05, 3.63) is 71.8 Å². The highest BCUT2D eigenvalue weighted by molar-refractivity contribution is 5.66. The van der Waals surface area contributed by atoms with E-state index in [4.69, 9.17) is 4.74 Å². The van der Waals surface area contributed by atoms with E-state index in [1.54, 1.807) is 0 Å². The number of hydrogen-bond donors (Lipinski definition) is 0. The summed E-state index contributed by atoms with van der Waals surface area (Å²) < 4.78 is 5.85. The fraction of sp³-hybridized carbons (Fsp3) is 0.333. The van der Waals surface area contributed by atoms with E-state index < -0.39 is 0 Å². The summed E-state index contributed by atoms with van der Waals surface area (Å²) in [6, 6.07) is 18.9. The van der Waals surface area contributed by atoms with E-state index in [0.717, 1.165) is 11.7 Å². The quantitative estimate of drug-likeness (QED) is 0.670. The van der Waals surface area contributed by atoms with Crippen molar-refractivity contribution in [2.24, 2.45) is 5.92 Å². The molecule has 2 aromatic rings. The van der Waals surface area contributed by atoms with Crippen molar-refractivity contribution in [2.45, 2.75) is 39.2 Å². The second-order valence-corrected chi connectivity index (χ2v) is 6.08. The molecule has 2 aromatic carbocycles. The van der Waals surface area contributed by atoms with Gasteiger partial charge in [-0.25, -0.2) is 0 Å². The zero-order valence-electron chi connectivity index (χ0n) is 13.3. The average Bonchev–Trinajstić information content (AvgIpc) is 2.61. The minimum Gasteiger partial charge on any atom is -0.489 e. The fourth-order valence-electron chi connectivity index (χ4n) is 3.03. The SMILES string of the molecule is CCC1CC=C(c2ccc(OCc3ccccc3)cc2)CC1. The second-order valence-electron chi connectivity index (χ2n) is 6.08. The molecule has 1 atom stereocenters. The molecular weight excluding hydrogens is 268 g/mol. The summed E-state index contributed by atoms with van der Waals surface area (Å²) in [6.07, 6.45) is 7.50. The Bertz CT molecular complexity index is 610. The van der Waals surface area contributed by atoms with Crippen LogP contribution in [0.25, 0.3) is 5.57 Å². The molecule has 1 heteroatoms. The molecule has 0 amide bonds. The Labute approximate surface area is 133 Å². The van der Waals surface area contributed by atoms with Crippen LogP contribution in [-0.2, 0) is 6.61 Å². The first-order chi connectivity index (χ1) is 10.8. The molecule has 0 heterocycles. The van der Waals surface area contributed by atoms with Gasteiger partial charge in [-0.2, -0.15) is 0 Å². The zero-order chi connectivity index (χ0) is 15.2. The molecule has 0 aromatic heterocycles. The molecule has 3 rings (SSSR count). The molecule has 0 saturated carbocycles. The molecule has 0 bridgehead atoms. The summed E-state index contributed by atoms with van der Waals surface area (Å²) in [6.45, 7) is 2.92. The monoisotopic (exact) mass is 292 g/mol. The van der Waals surface area contributed by atoms with E-state index in [9.17, 15) is 0 Å². The van der Waals surface area contributed by atoms with Gasteiger partial charge < -0.3 is 4.74 Å². The third-order valence-electron chi connectivity index (χ3n) is 4.57. The smallest absolute Gasteiger partial charge is 0.119 e. The van der Waals surface area contributed by atoms with Gasteiger partial charge in [0.25, 0.3) is 0 Å². The van der Waals surface area contributed by atoms with Crippen LogP contribution >= 0.6 is 0 Å². The molecule has 0 aliphatic heterocycles. The lowest BCUT2D eigenvalue weighted by atomic mass is 9.85. The summed E-state index contributed by atoms with van der Waals surface area (Å²) in [5, 5.41) is 0. The van der Waals surface area contributed by atoms with Crippen LogP contribution < -0.4 is 4.74 Å². The molecule has 1 aliphatic carbocycles. The minimum atomic E-state index is 0.626. The molecule has 0 radical (unpaired) electrons. The van der Waals surface area contributed by atoms with Crippen LogP contribution in [0.3, 0.4) is 0 Å². The van der Waals surface area contributed by atoms with Gasteiger partial charge >= 0.3 is 0 Å². The Hall–Kier alpha value is -2.02. The molecule has 114 valence electrons. The van der Waals surface area contributed by atoms with E-state index in [0.29, 0.717) is 6.61 Å². The maximum absolute atomic E-state index is 5.85. The first-order valence-electron chi connectivity index (χ1n) is 8.31. The lowest BCUT2D eigenvalue weighted by Crippen LogP contribution is -2.03. The predicted octanol–water partition coefficient (Wildman–Crippen LogP) is 5.86. The normalized spacial score (nSPS) is 17.9. The molecule has 22 heavy (non-hydrogen) atoms. The summed E-state index contributed by atoms with van der Waals surface area (Å²) in [7, 11) is 0. The van der Waals surface area contributed by atoms with Crippen LogP contribution in [0.15, 0.2) is 60.7 Å². The lowest BCUT2D eigenvalue weighted by molar-refractivity contribution is 0.306. The van der Waals surface area contributed by atoms with E-state index in [-0.39, 0.29) is 0 Å². The highest BCUT2D eigenvalue weighted by atomic mass is 16.5. The molecule has 0 N–H and O–H groups in total. The van der Waals surface area contributed by atoms with Gasteiger partial charge in [-0.3, -0.25) is 0 Å². The Morgan fingerprint density at radius 1 is 1.00 bits per heavy atom. The lowest BCUT2D eigenvalue weighted by Gasteiger charge is -2.20. The van der Waals surface area contributed by atoms with Crippen molar-refractivity contribution >= 4 is 5.57 Å². The fourth-order valence-corrected chi connectivity index (χ4v) is 3.03. The standard InChI is InChI=1S/C21H24O/c1-2-17-8-10-19(11-9-17)20-12-14-21(15-13-20)22-16-18-6-4-3-5-7-18/h3-7,10,12-15,17H,2,8-9,11,16H2,1H3. The Morgan fingerprint density at radius 3 is 2.41 bits per heavy atom. The predicted molar refractivity (Wildman–Crippen MR) is 92.8 cm³/mol. The highest BCUT2D eigenvalue weighted by Crippen LogP contribution is 2.32. The first kappa shape index (κ1) is 14.9. The molecule has 0 spiro atoms. The van der Waals surface area contributed by atoms with Gasteiger partial charge in [0.05, 0.1) is 0 Å². The van der Waals surface area contributed by atoms with Gasteiger partial charge in [-0.1, -0.05) is 61.9 Å². The largest absolute Gasteiger partial charge is 0.489 e. The zero-order valence-corrected chi connectivity index (χ0v) is 13.3. The van der Waals surface area contributed by atoms with Crippen LogP contribution in [0.5, 0.6) is 5.75 Å². The van der Waals surface area contributed by atoms with E-state index in [1.165, 1.54) is 42.4 Å². The van der Waals surface area contributed by atoms with Crippen molar-refractivity contribution in [2.75, 3.05) is 0 Å². The van der Waals surface area contributed by atoms with Crippen LogP contribution in [0.4, 0.5) is 0 Å². The van der Waals surface area contributed by atoms with Gasteiger partial charge in [0.15, 0.2) is 0 Å². The number of rotatable bonds is 5. The molecule has 1 aliphatic rings. The Morgan fingerprint density at radius 2 is 1.77 bits per heavy atom. The van der Waals surface area contributed by atoms with Crippen molar-refractivity contribution in [3.63, 3.8) is 0 Å². The summed E-state index contributed by atoms with van der Waals surface area (Å²) >= 11 is 0. The Balaban J connectivity index is 1.60. The highest BCUT2D eigenvalue weighted by Gasteiger charge is 2.13. The Kier molecular flexibility index (Phi) is 4.95. The number of benzene rings is 2. The third-order valence-corrected chi connectivity index (χ3v) is 4.57. The van der Waals surface area contributed by atoms with E-state index >= 15 is 0 Å². The summed E-state index contributed by atoms with van der Waals surface area (Å²) in [5.41, 5.74) is 4.05. The van der Waals surface area contributed by atoms with Crippen molar-refractivity contribution in [1.82, 2.24) is 0 Å². The maximum atomic E-state index is 5.85. The second kappa shape index (κ2) is 7.31. The molecule has 1 unspecified atom stereocenters. The minimum absolute atomic E-state index is 0.626. The van der Waals surface area contributed by atoms with Crippen LogP contribution in [0, 0.1) is 5.92 Å². The van der Waals surface area contributed by atoms with E-state index in [2.05, 4.69) is 49.4 Å². The average molecular weight is 292 g/mol. The molecule has 0 saturated heterocycles. The van der Waals surface area contributed by atoms with Gasteiger partial charge in [0.2, 0.25) is 0 Å². The topological polar surface area (TPSA) is 9.23 Å². The third kappa shape index (κ3) is 3.79. The molecule has 0 fully saturated rings. The first-order valence-corrected chi connectivity index (χ1v) is 8.31. The number of hydrogen-bond acceptors (Lipinski definition) is 1. The molecular formula is C21H24O. The van der Waals surface area contributed by atoms with Crippen LogP contribution in [0.2, 0.25) is 0 Å². The van der Waals surface area contributed by atoms with Gasteiger partial charge in [0.1, 0.15) is 12.4 Å². The van der Waals surface area contributed by atoms with Crippen LogP contribution in [-0.4, -0.2) is 0 Å². The van der Waals surface area contributed by atoms with Crippen molar-refractivity contribution in [3.8, 4) is 5.75 Å². The van der Waals surface area contributed by atoms with Gasteiger partial charge in [-0.15, -0.1) is 0 Å². The van der Waals surface area contributed by atoms with Gasteiger partial charge in [0, 0.05) is 0 Å². The molecule has 1 nitrogen and oxygen atoms in total. The van der Waals surface area contributed by atoms with Crippen molar-refractivity contribution < 1.29 is 4.74 Å². The van der Waals surface area contributed by atoms with Crippen molar-refractivity contribution in [1.29, 1.82) is 0 Å². The van der Waals surface area contributed by atoms with Crippen LogP contribution in [0.1, 0.15) is 43.7 Å². The van der Waals surface area contributed by atoms with E-state index in [1.807, 2.05) is 18.2 Å². The maximum Gasteiger partial charge on any atom is 0.119 e. The summed E-state index contributed by atoms with van der Waals surface area (Å²) in [5.74, 6) is 1.83. The number of ether oxygens (including phenoxy) is 1. The summed E-state index contributed by atoms with van der Waals surface area (Å²) in [4.78, 5) is 0.